The number of amides is 1. The molecule has 1 aliphatic heterocycles. The van der Waals surface area contributed by atoms with Crippen molar-refractivity contribution >= 4 is 23.3 Å². The van der Waals surface area contributed by atoms with E-state index in [2.05, 4.69) is 5.32 Å². The Hall–Kier alpha value is -2.04. The van der Waals surface area contributed by atoms with Gasteiger partial charge in [-0.3, -0.25) is 9.59 Å². The van der Waals surface area contributed by atoms with Crippen molar-refractivity contribution < 1.29 is 14.7 Å². The number of carbonyl (C=O) groups excluding carboxylic acids is 1. The maximum Gasteiger partial charge on any atom is 0.305 e. The molecule has 1 aliphatic rings. The van der Waals surface area contributed by atoms with Gasteiger partial charge in [-0.25, -0.2) is 0 Å². The van der Waals surface area contributed by atoms with Crippen molar-refractivity contribution in [2.24, 2.45) is 0 Å². The highest BCUT2D eigenvalue weighted by molar-refractivity contribution is 6.05. The lowest BCUT2D eigenvalue weighted by atomic mass is 10.0. The van der Waals surface area contributed by atoms with E-state index in [0.29, 0.717) is 6.42 Å². The van der Waals surface area contributed by atoms with Gasteiger partial charge < -0.3 is 15.3 Å². The number of hydrogen-bond donors (Lipinski definition) is 2. The topological polar surface area (TPSA) is 69.6 Å². The Morgan fingerprint density at radius 3 is 2.60 bits per heavy atom. The molecule has 0 radical (unpaired) electrons. The average Bonchev–Trinajstić information content (AvgIpc) is 2.39. The largest absolute Gasteiger partial charge is 0.481 e. The molecule has 1 amide bonds. The number of carbonyl (C=O) groups is 2. The Kier molecular flexibility index (Phi) is 3.97. The summed E-state index contributed by atoms with van der Waals surface area (Å²) in [5.41, 5.74) is 3.93. The molecule has 2 N–H and O–H groups in total. The first-order valence-corrected chi connectivity index (χ1v) is 6.85. The molecule has 108 valence electrons. The second-order valence-corrected chi connectivity index (χ2v) is 5.19. The molecule has 0 bridgehead atoms. The molecular formula is C15H20N2O3. The number of carboxylic acid groups (broad SMARTS) is 1. The average molecular weight is 276 g/mol. The first-order chi connectivity index (χ1) is 9.43. The first-order valence-electron chi connectivity index (χ1n) is 6.85. The third-order valence-electron chi connectivity index (χ3n) is 3.75. The molecule has 1 unspecified atom stereocenters. The van der Waals surface area contributed by atoms with Gasteiger partial charge in [0.1, 0.15) is 6.04 Å². The van der Waals surface area contributed by atoms with Gasteiger partial charge in [0.2, 0.25) is 5.91 Å². The van der Waals surface area contributed by atoms with Crippen LogP contribution in [-0.4, -0.2) is 29.6 Å². The van der Waals surface area contributed by atoms with Gasteiger partial charge in [0.05, 0.1) is 17.8 Å². The van der Waals surface area contributed by atoms with Gasteiger partial charge in [-0.1, -0.05) is 6.92 Å². The summed E-state index contributed by atoms with van der Waals surface area (Å²) in [6.45, 7) is 6.16. The first kappa shape index (κ1) is 14.4. The second kappa shape index (κ2) is 5.53. The summed E-state index contributed by atoms with van der Waals surface area (Å²) < 4.78 is 0. The number of nitrogens with one attached hydrogen (secondary N) is 1. The summed E-state index contributed by atoms with van der Waals surface area (Å²) in [7, 11) is 0. The van der Waals surface area contributed by atoms with Crippen LogP contribution in [0.5, 0.6) is 0 Å². The number of benzene rings is 1. The number of aryl methyl sites for hydroxylation is 2. The summed E-state index contributed by atoms with van der Waals surface area (Å²) in [5.74, 6) is -0.945. The number of anilines is 2. The highest BCUT2D eigenvalue weighted by atomic mass is 16.4. The molecule has 1 atom stereocenters. The maximum atomic E-state index is 12.4. The van der Waals surface area contributed by atoms with E-state index >= 15 is 0 Å². The summed E-state index contributed by atoms with van der Waals surface area (Å²) in [5, 5.41) is 12.1. The molecule has 0 aromatic heterocycles. The molecule has 1 heterocycles. The van der Waals surface area contributed by atoms with Crippen molar-refractivity contribution in [2.75, 3.05) is 16.8 Å². The summed E-state index contributed by atoms with van der Waals surface area (Å²) >= 11 is 0. The summed E-state index contributed by atoms with van der Waals surface area (Å²) in [4.78, 5) is 24.8. The van der Waals surface area contributed by atoms with Gasteiger partial charge in [0.15, 0.2) is 0 Å². The van der Waals surface area contributed by atoms with Crippen molar-refractivity contribution in [3.8, 4) is 0 Å². The van der Waals surface area contributed by atoms with Crippen LogP contribution in [0.4, 0.5) is 11.4 Å². The minimum absolute atomic E-state index is 0.0471. The normalized spacial score (nSPS) is 17.6. The van der Waals surface area contributed by atoms with Gasteiger partial charge >= 0.3 is 5.97 Å². The van der Waals surface area contributed by atoms with Crippen molar-refractivity contribution in [3.05, 3.63) is 23.3 Å². The standard InChI is InChI=1S/C15H20N2O3/c1-4-11-15(20)17(6-5-14(18)19)13-8-10(3)9(2)7-12(13)16-11/h7-8,11,16H,4-6H2,1-3H3,(H,18,19). The number of hydrogen-bond acceptors (Lipinski definition) is 3. The lowest BCUT2D eigenvalue weighted by molar-refractivity contribution is -0.136. The molecule has 0 fully saturated rings. The zero-order valence-electron chi connectivity index (χ0n) is 12.1. The third-order valence-corrected chi connectivity index (χ3v) is 3.75. The lowest BCUT2D eigenvalue weighted by Crippen LogP contribution is -2.47. The van der Waals surface area contributed by atoms with Gasteiger partial charge in [0.25, 0.3) is 0 Å². The molecule has 0 aliphatic carbocycles. The quantitative estimate of drug-likeness (QED) is 0.885. The summed E-state index contributed by atoms with van der Waals surface area (Å²) in [6, 6.07) is 3.69. The minimum Gasteiger partial charge on any atom is -0.481 e. The van der Waals surface area contributed by atoms with Crippen LogP contribution < -0.4 is 10.2 Å². The molecule has 5 nitrogen and oxygen atoms in total. The van der Waals surface area contributed by atoms with Crippen LogP contribution in [0.25, 0.3) is 0 Å². The van der Waals surface area contributed by atoms with Crippen LogP contribution in [0.3, 0.4) is 0 Å². The van der Waals surface area contributed by atoms with Crippen LogP contribution in [-0.2, 0) is 9.59 Å². The van der Waals surface area contributed by atoms with Gasteiger partial charge in [0, 0.05) is 6.54 Å². The predicted octanol–water partition coefficient (Wildman–Crippen LogP) is 2.32. The number of nitrogens with zero attached hydrogens (tertiary/aromatic N) is 1. The molecular weight excluding hydrogens is 256 g/mol. The van der Waals surface area contributed by atoms with E-state index in [-0.39, 0.29) is 24.9 Å². The zero-order valence-corrected chi connectivity index (χ0v) is 12.1. The maximum absolute atomic E-state index is 12.4. The highest BCUT2D eigenvalue weighted by Crippen LogP contribution is 2.34. The molecule has 1 aromatic carbocycles. The Morgan fingerprint density at radius 2 is 2.00 bits per heavy atom. The molecule has 1 aromatic rings. The van der Waals surface area contributed by atoms with E-state index in [1.54, 1.807) is 4.90 Å². The second-order valence-electron chi connectivity index (χ2n) is 5.19. The van der Waals surface area contributed by atoms with Crippen molar-refractivity contribution in [2.45, 2.75) is 39.7 Å². The predicted molar refractivity (Wildman–Crippen MR) is 78.2 cm³/mol. The third kappa shape index (κ3) is 2.61. The van der Waals surface area contributed by atoms with E-state index in [4.69, 9.17) is 5.11 Å². The SMILES string of the molecule is CCC1Nc2cc(C)c(C)cc2N(CCC(=O)O)C1=O. The van der Waals surface area contributed by atoms with Crippen LogP contribution in [0.1, 0.15) is 30.9 Å². The molecule has 2 rings (SSSR count). The Balaban J connectivity index is 2.41. The summed E-state index contributed by atoms with van der Waals surface area (Å²) in [6.07, 6.45) is 0.628. The molecule has 0 saturated carbocycles. The van der Waals surface area contributed by atoms with E-state index in [1.165, 1.54) is 0 Å². The van der Waals surface area contributed by atoms with Crippen LogP contribution in [0, 0.1) is 13.8 Å². The highest BCUT2D eigenvalue weighted by Gasteiger charge is 2.31. The molecule has 20 heavy (non-hydrogen) atoms. The van der Waals surface area contributed by atoms with Crippen molar-refractivity contribution in [1.29, 1.82) is 0 Å². The monoisotopic (exact) mass is 276 g/mol. The number of fused-ring (bicyclic) bond motifs is 1. The number of rotatable bonds is 4. The van der Waals surface area contributed by atoms with E-state index in [9.17, 15) is 9.59 Å². The van der Waals surface area contributed by atoms with E-state index < -0.39 is 5.97 Å². The van der Waals surface area contributed by atoms with E-state index in [1.807, 2.05) is 32.9 Å². The van der Waals surface area contributed by atoms with Crippen LogP contribution >= 0.6 is 0 Å². The Bertz CT molecular complexity index is 554. The fraction of sp³-hybridized carbons (Fsp3) is 0.467. The van der Waals surface area contributed by atoms with Crippen molar-refractivity contribution in [3.63, 3.8) is 0 Å². The van der Waals surface area contributed by atoms with Gasteiger partial charge in [-0.15, -0.1) is 0 Å². The molecule has 5 heteroatoms. The van der Waals surface area contributed by atoms with Crippen LogP contribution in [0.15, 0.2) is 12.1 Å². The lowest BCUT2D eigenvalue weighted by Gasteiger charge is -2.35. The molecule has 0 saturated heterocycles. The fourth-order valence-electron chi connectivity index (χ4n) is 2.41. The van der Waals surface area contributed by atoms with Gasteiger partial charge in [-0.2, -0.15) is 0 Å². The van der Waals surface area contributed by atoms with Crippen LogP contribution in [0.2, 0.25) is 0 Å². The Labute approximate surface area is 118 Å². The van der Waals surface area contributed by atoms with Crippen molar-refractivity contribution in [1.82, 2.24) is 0 Å². The molecule has 0 spiro atoms. The minimum atomic E-state index is -0.894. The zero-order chi connectivity index (χ0) is 14.9. The Morgan fingerprint density at radius 1 is 1.35 bits per heavy atom. The van der Waals surface area contributed by atoms with Gasteiger partial charge in [-0.05, 0) is 43.5 Å². The number of carboxylic acids is 1. The number of aliphatic carboxylic acids is 1. The fourth-order valence-corrected chi connectivity index (χ4v) is 2.41. The van der Waals surface area contributed by atoms with E-state index in [0.717, 1.165) is 22.5 Å². The smallest absolute Gasteiger partial charge is 0.305 e.